The fourth-order valence-electron chi connectivity index (χ4n) is 13.6. The molecule has 3 heteroatoms. The van der Waals surface area contributed by atoms with Crippen LogP contribution in [0.4, 0.5) is 0 Å². The molecule has 0 aliphatic carbocycles. The van der Waals surface area contributed by atoms with Crippen molar-refractivity contribution >= 4 is 118 Å². The lowest BCUT2D eigenvalue weighted by Gasteiger charge is -2.18. The van der Waals surface area contributed by atoms with Crippen LogP contribution in [0.25, 0.3) is 163 Å². The third-order valence-electron chi connectivity index (χ3n) is 16.9. The smallest absolute Gasteiger partial charge is 0.0547 e. The molecule has 79 heavy (non-hydrogen) atoms. The summed E-state index contributed by atoms with van der Waals surface area (Å²) in [4.78, 5) is 0. The van der Waals surface area contributed by atoms with Crippen molar-refractivity contribution in [3.63, 3.8) is 0 Å². The maximum absolute atomic E-state index is 2.47. The van der Waals surface area contributed by atoms with E-state index in [1.807, 2.05) is 11.3 Å². The van der Waals surface area contributed by atoms with Crippen LogP contribution >= 0.6 is 11.3 Å². The fraction of sp³-hybridized carbons (Fsp3) is 0. The number of para-hydroxylation sites is 4. The first-order valence-corrected chi connectivity index (χ1v) is 28.1. The Labute approximate surface area is 459 Å². The van der Waals surface area contributed by atoms with E-state index in [0.717, 1.165) is 11.4 Å². The second-order valence-electron chi connectivity index (χ2n) is 21.0. The molecule has 0 aliphatic rings. The van der Waals surface area contributed by atoms with Crippen LogP contribution in [0, 0.1) is 0 Å². The molecule has 0 aliphatic heterocycles. The highest BCUT2D eigenvalue weighted by Crippen LogP contribution is 2.51. The highest BCUT2D eigenvalue weighted by atomic mass is 32.1. The topological polar surface area (TPSA) is 9.86 Å². The summed E-state index contributed by atoms with van der Waals surface area (Å²) in [6.45, 7) is 0. The largest absolute Gasteiger partial charge is 0.309 e. The summed E-state index contributed by atoms with van der Waals surface area (Å²) < 4.78 is 7.44. The van der Waals surface area contributed by atoms with Crippen molar-refractivity contribution in [3.05, 3.63) is 279 Å². The molecule has 0 saturated carbocycles. The second kappa shape index (κ2) is 17.2. The first-order chi connectivity index (χ1) is 39.2. The Morgan fingerprint density at radius 2 is 0.557 bits per heavy atom. The Hall–Kier alpha value is -10.1. The van der Waals surface area contributed by atoms with Gasteiger partial charge in [0.25, 0.3) is 0 Å². The molecular formula is C76H46N2S. The van der Waals surface area contributed by atoms with Gasteiger partial charge in [-0.05, 0) is 143 Å². The van der Waals surface area contributed by atoms with Crippen molar-refractivity contribution in [2.75, 3.05) is 0 Å². The molecule has 14 aromatic carbocycles. The molecule has 0 fully saturated rings. The lowest BCUT2D eigenvalue weighted by Crippen LogP contribution is -1.94. The average Bonchev–Trinajstić information content (AvgIpc) is 4.37. The zero-order valence-electron chi connectivity index (χ0n) is 42.9. The van der Waals surface area contributed by atoms with Gasteiger partial charge in [0, 0.05) is 58.7 Å². The lowest BCUT2D eigenvalue weighted by atomic mass is 9.85. The van der Waals surface area contributed by atoms with Crippen LogP contribution < -0.4 is 0 Å². The van der Waals surface area contributed by atoms with Crippen LogP contribution in [-0.2, 0) is 0 Å². The minimum absolute atomic E-state index is 1.16. The molecule has 3 aromatic heterocycles. The average molecular weight is 1020 g/mol. The second-order valence-corrected chi connectivity index (χ2v) is 22.1. The lowest BCUT2D eigenvalue weighted by molar-refractivity contribution is 1.18. The van der Waals surface area contributed by atoms with E-state index in [0.29, 0.717) is 0 Å². The van der Waals surface area contributed by atoms with E-state index in [9.17, 15) is 0 Å². The highest BCUT2D eigenvalue weighted by Gasteiger charge is 2.23. The van der Waals surface area contributed by atoms with Crippen molar-refractivity contribution in [2.45, 2.75) is 0 Å². The number of fused-ring (bicyclic) bond motifs is 13. The third kappa shape index (κ3) is 6.51. The first-order valence-electron chi connectivity index (χ1n) is 27.2. The number of aromatic nitrogens is 2. The quantitative estimate of drug-likeness (QED) is 0.147. The van der Waals surface area contributed by atoms with E-state index in [-0.39, 0.29) is 0 Å². The van der Waals surface area contributed by atoms with E-state index < -0.39 is 0 Å². The van der Waals surface area contributed by atoms with E-state index in [2.05, 4.69) is 288 Å². The SMILES string of the molecule is c1ccc(-n2c3ccccc3c3ccc(-c4c5ccccc5c(-c5ccc6sc7c(-c8c9ccccc9c(-c9ccc%10c%11ccccc%11n(-c%11ccccc%11)c%10c9)c9ccccc89)cccc7c6c5)c5ccccc45)cc32)cc1. The number of thiophene rings is 1. The molecule has 2 nitrogen and oxygen atoms in total. The van der Waals surface area contributed by atoms with Gasteiger partial charge in [0.2, 0.25) is 0 Å². The highest BCUT2D eigenvalue weighted by molar-refractivity contribution is 7.26. The van der Waals surface area contributed by atoms with E-state index >= 15 is 0 Å². The normalized spacial score (nSPS) is 12.1. The van der Waals surface area contributed by atoms with Gasteiger partial charge in [-0.25, -0.2) is 0 Å². The van der Waals surface area contributed by atoms with Crippen LogP contribution in [-0.4, -0.2) is 9.13 Å². The molecule has 366 valence electrons. The molecule has 0 atom stereocenters. The van der Waals surface area contributed by atoms with Gasteiger partial charge in [-0.2, -0.15) is 0 Å². The van der Waals surface area contributed by atoms with Gasteiger partial charge in [0.05, 0.1) is 22.1 Å². The van der Waals surface area contributed by atoms with E-state index in [4.69, 9.17) is 0 Å². The number of rotatable bonds is 6. The Kier molecular flexibility index (Phi) is 9.62. The Bertz CT molecular complexity index is 5250. The Morgan fingerprint density at radius 1 is 0.215 bits per heavy atom. The molecule has 0 unspecified atom stereocenters. The zero-order valence-corrected chi connectivity index (χ0v) is 43.7. The van der Waals surface area contributed by atoms with Gasteiger partial charge in [-0.1, -0.05) is 218 Å². The van der Waals surface area contributed by atoms with Crippen LogP contribution in [0.1, 0.15) is 0 Å². The summed E-state index contributed by atoms with van der Waals surface area (Å²) in [5, 5.41) is 17.6. The van der Waals surface area contributed by atoms with Crippen molar-refractivity contribution in [3.8, 4) is 55.9 Å². The van der Waals surface area contributed by atoms with E-state index in [1.165, 1.54) is 151 Å². The minimum Gasteiger partial charge on any atom is -0.309 e. The van der Waals surface area contributed by atoms with Gasteiger partial charge in [0.15, 0.2) is 0 Å². The van der Waals surface area contributed by atoms with Crippen molar-refractivity contribution < 1.29 is 0 Å². The molecule has 0 amide bonds. The predicted molar refractivity (Wildman–Crippen MR) is 340 cm³/mol. The number of hydrogen-bond acceptors (Lipinski definition) is 1. The molecule has 3 heterocycles. The first kappa shape index (κ1) is 44.1. The summed E-state index contributed by atoms with van der Waals surface area (Å²) in [6.07, 6.45) is 0. The Morgan fingerprint density at radius 3 is 1.00 bits per heavy atom. The minimum atomic E-state index is 1.16. The van der Waals surface area contributed by atoms with Gasteiger partial charge in [0.1, 0.15) is 0 Å². The zero-order chi connectivity index (χ0) is 51.7. The van der Waals surface area contributed by atoms with Crippen LogP contribution in [0.15, 0.2) is 279 Å². The van der Waals surface area contributed by atoms with Crippen molar-refractivity contribution in [1.82, 2.24) is 9.13 Å². The van der Waals surface area contributed by atoms with Crippen LogP contribution in [0.2, 0.25) is 0 Å². The van der Waals surface area contributed by atoms with Gasteiger partial charge >= 0.3 is 0 Å². The molecule has 0 saturated heterocycles. The maximum atomic E-state index is 2.47. The Balaban J connectivity index is 0.848. The summed E-state index contributed by atoms with van der Waals surface area (Å²) >= 11 is 1.91. The number of nitrogens with zero attached hydrogens (tertiary/aromatic N) is 2. The molecule has 0 radical (unpaired) electrons. The summed E-state index contributed by atoms with van der Waals surface area (Å²) in [5.41, 5.74) is 17.1. The van der Waals surface area contributed by atoms with E-state index in [1.54, 1.807) is 0 Å². The van der Waals surface area contributed by atoms with Crippen LogP contribution in [0.3, 0.4) is 0 Å². The van der Waals surface area contributed by atoms with Gasteiger partial charge in [-0.15, -0.1) is 11.3 Å². The molecule has 0 N–H and O–H groups in total. The summed E-state index contributed by atoms with van der Waals surface area (Å²) in [6, 6.07) is 104. The molecule has 17 aromatic rings. The molecule has 17 rings (SSSR count). The maximum Gasteiger partial charge on any atom is 0.0547 e. The predicted octanol–water partition coefficient (Wildman–Crippen LogP) is 21.5. The number of hydrogen-bond donors (Lipinski definition) is 0. The van der Waals surface area contributed by atoms with Gasteiger partial charge in [-0.3, -0.25) is 0 Å². The summed E-state index contributed by atoms with van der Waals surface area (Å²) in [5.74, 6) is 0. The fourth-order valence-corrected chi connectivity index (χ4v) is 14.8. The molecule has 0 bridgehead atoms. The standard InChI is InChI=1S/C76H46N2S/c1-3-20-50(21-4-1)77-67-36-17-15-24-52(67)54-41-38-48(45-69(54)77)73-58-28-9-7-26-56(58)72(57-27-8-10-29-59(57)73)47-40-43-71-66(44-47)64-34-19-35-65(76(64)79-71)75-62-32-13-11-30-60(62)74(61-31-12-14-33-63(61)75)49-39-42-55-53-25-16-18-37-68(53)78(70(55)46-49)51-22-5-2-6-23-51/h1-46H. The van der Waals surface area contributed by atoms with Crippen molar-refractivity contribution in [1.29, 1.82) is 0 Å². The van der Waals surface area contributed by atoms with Gasteiger partial charge < -0.3 is 9.13 Å². The number of benzene rings is 14. The van der Waals surface area contributed by atoms with Crippen molar-refractivity contribution in [2.24, 2.45) is 0 Å². The molecule has 0 spiro atoms. The van der Waals surface area contributed by atoms with Crippen LogP contribution in [0.5, 0.6) is 0 Å². The summed E-state index contributed by atoms with van der Waals surface area (Å²) in [7, 11) is 0. The monoisotopic (exact) mass is 1020 g/mol. The third-order valence-corrected chi connectivity index (χ3v) is 18.1. The molecular weight excluding hydrogens is 973 g/mol.